The molecule has 0 saturated carbocycles. The Morgan fingerprint density at radius 1 is 1.02 bits per heavy atom. The number of ether oxygens (including phenoxy) is 4. The van der Waals surface area contributed by atoms with Crippen molar-refractivity contribution in [2.45, 2.75) is 40.9 Å². The topological polar surface area (TPSA) is 162 Å². The molecule has 1 fully saturated rings. The number of rotatable bonds is 12. The summed E-state index contributed by atoms with van der Waals surface area (Å²) in [6.07, 6.45) is -3.43. The number of methoxy groups -OCH3 is 1. The highest BCUT2D eigenvalue weighted by atomic mass is 35.6. The van der Waals surface area contributed by atoms with E-state index in [4.69, 9.17) is 65.4 Å². The van der Waals surface area contributed by atoms with Gasteiger partial charge in [0.2, 0.25) is 16.0 Å². The summed E-state index contributed by atoms with van der Waals surface area (Å²) in [7, 11) is 1.30. The van der Waals surface area contributed by atoms with Gasteiger partial charge in [-0.1, -0.05) is 118 Å². The van der Waals surface area contributed by atoms with Crippen molar-refractivity contribution in [2.24, 2.45) is 0 Å². The first kappa shape index (κ1) is 38.7. The summed E-state index contributed by atoms with van der Waals surface area (Å²) in [6, 6.07) is 17.1. The molecular formula is C32H28Cl4N4O9S2. The van der Waals surface area contributed by atoms with E-state index in [2.05, 4.69) is 15.6 Å². The Bertz CT molecular complexity index is 1790. The van der Waals surface area contributed by atoms with Crippen LogP contribution in [-0.4, -0.2) is 80.7 Å². The largest absolute Gasteiger partial charge is 0.448 e. The minimum absolute atomic E-state index is 0.0245. The van der Waals surface area contributed by atoms with Gasteiger partial charge in [-0.05, 0) is 11.1 Å². The molecule has 1 saturated heterocycles. The second kappa shape index (κ2) is 16.8. The Morgan fingerprint density at radius 2 is 1.65 bits per heavy atom. The number of anilines is 1. The van der Waals surface area contributed by atoms with Gasteiger partial charge in [0.05, 0.1) is 12.1 Å². The zero-order chi connectivity index (χ0) is 36.9. The first-order chi connectivity index (χ1) is 24.3. The Labute approximate surface area is 319 Å². The lowest BCUT2D eigenvalue weighted by molar-refractivity contribution is -0.166. The average molecular weight is 819 g/mol. The molecule has 270 valence electrons. The van der Waals surface area contributed by atoms with Crippen molar-refractivity contribution < 1.29 is 42.9 Å². The number of carbonyl (C=O) groups excluding carboxylic acids is 5. The predicted molar refractivity (Wildman–Crippen MR) is 192 cm³/mol. The van der Waals surface area contributed by atoms with Gasteiger partial charge >= 0.3 is 18.0 Å². The first-order valence-corrected chi connectivity index (χ1v) is 18.3. The van der Waals surface area contributed by atoms with Crippen molar-refractivity contribution in [3.63, 3.8) is 0 Å². The van der Waals surface area contributed by atoms with Crippen LogP contribution in [-0.2, 0) is 44.5 Å². The van der Waals surface area contributed by atoms with Crippen LogP contribution in [0.1, 0.15) is 29.8 Å². The lowest BCUT2D eigenvalue weighted by atomic mass is 10.0. The highest BCUT2D eigenvalue weighted by molar-refractivity contribution is 8.00. The number of thiazole rings is 1. The molecule has 3 aromatic rings. The number of hydrogen-bond donors (Lipinski definition) is 2. The van der Waals surface area contributed by atoms with Crippen LogP contribution in [0, 0.1) is 0 Å². The van der Waals surface area contributed by atoms with E-state index in [0.717, 1.165) is 11.3 Å². The molecule has 2 aliphatic rings. The number of thioether (sulfide) groups is 1. The van der Waals surface area contributed by atoms with Gasteiger partial charge in [0.1, 0.15) is 28.1 Å². The predicted octanol–water partition coefficient (Wildman–Crippen LogP) is 5.78. The molecule has 0 aliphatic carbocycles. The standard InChI is InChI=1S/C32H28Cl4N4O9S2/c1-16(41)48-29(46-2)19-14-50-27-22(38-21(42)13-20-25(33)51-30(37-20)39-31(45)47-15-32(34,35)36)26(43)40(27)23(19)28(44)49-24(17-9-5-3-6-10-17)18-11-7-4-8-12-18/h3-12,22,24,27,29H,13-15H2,1-2H3,(H,38,42)(H,37,39,45)/t22-,27+,29?/m0/s1. The van der Waals surface area contributed by atoms with Gasteiger partial charge in [0.25, 0.3) is 5.91 Å². The zero-order valence-corrected chi connectivity index (χ0v) is 31.3. The Morgan fingerprint density at radius 3 is 2.22 bits per heavy atom. The number of halogens is 4. The van der Waals surface area contributed by atoms with Gasteiger partial charge in [-0.25, -0.2) is 14.6 Å². The minimum Gasteiger partial charge on any atom is -0.448 e. The Kier molecular flexibility index (Phi) is 12.8. The lowest BCUT2D eigenvalue weighted by Crippen LogP contribution is -2.71. The second-order valence-corrected chi connectivity index (χ2v) is 16.1. The molecule has 2 N–H and O–H groups in total. The van der Waals surface area contributed by atoms with Crippen molar-refractivity contribution in [2.75, 3.05) is 24.8 Å². The molecule has 51 heavy (non-hydrogen) atoms. The number of fused-ring (bicyclic) bond motifs is 1. The van der Waals surface area contributed by atoms with E-state index in [-0.39, 0.29) is 38.6 Å². The second-order valence-electron chi connectivity index (χ2n) is 10.8. The van der Waals surface area contributed by atoms with Gasteiger partial charge in [-0.2, -0.15) is 0 Å². The highest BCUT2D eigenvalue weighted by Gasteiger charge is 2.55. The fraction of sp³-hybridized carbons (Fsp3) is 0.312. The number of carbonyl (C=O) groups is 5. The van der Waals surface area contributed by atoms with Gasteiger partial charge in [0, 0.05) is 25.4 Å². The molecule has 0 radical (unpaired) electrons. The number of benzene rings is 2. The smallest absolute Gasteiger partial charge is 0.413 e. The molecule has 3 amide bonds. The van der Waals surface area contributed by atoms with Crippen molar-refractivity contribution in [1.29, 1.82) is 0 Å². The van der Waals surface area contributed by atoms with Crippen LogP contribution in [0.2, 0.25) is 4.34 Å². The van der Waals surface area contributed by atoms with Crippen molar-refractivity contribution >= 4 is 104 Å². The summed E-state index contributed by atoms with van der Waals surface area (Å²) in [5, 5.41) is 4.32. The summed E-state index contributed by atoms with van der Waals surface area (Å²) >= 11 is 25.1. The molecule has 0 bridgehead atoms. The van der Waals surface area contributed by atoms with Gasteiger partial charge in [-0.15, -0.1) is 11.8 Å². The Hall–Kier alpha value is -3.57. The minimum atomic E-state index is -1.81. The van der Waals surface area contributed by atoms with Crippen LogP contribution in [0.15, 0.2) is 71.9 Å². The maximum Gasteiger partial charge on any atom is 0.413 e. The molecule has 19 heteroatoms. The molecular weight excluding hydrogens is 790 g/mol. The fourth-order valence-electron chi connectivity index (χ4n) is 5.11. The third-order valence-corrected chi connectivity index (χ3v) is 10.1. The van der Waals surface area contributed by atoms with Crippen LogP contribution in [0.25, 0.3) is 0 Å². The summed E-state index contributed by atoms with van der Waals surface area (Å²) < 4.78 is 20.0. The molecule has 3 atom stereocenters. The average Bonchev–Trinajstić information content (AvgIpc) is 3.44. The van der Waals surface area contributed by atoms with E-state index >= 15 is 0 Å². The number of nitrogens with one attached hydrogen (secondary N) is 2. The van der Waals surface area contributed by atoms with Crippen molar-refractivity contribution in [3.05, 3.63) is 93.1 Å². The summed E-state index contributed by atoms with van der Waals surface area (Å²) in [5.74, 6) is -2.64. The summed E-state index contributed by atoms with van der Waals surface area (Å²) in [4.78, 5) is 70.3. The van der Waals surface area contributed by atoms with Crippen molar-refractivity contribution in [1.82, 2.24) is 15.2 Å². The van der Waals surface area contributed by atoms with E-state index in [1.807, 2.05) is 60.7 Å². The van der Waals surface area contributed by atoms with Crippen LogP contribution in [0.4, 0.5) is 9.93 Å². The quantitative estimate of drug-likeness (QED) is 0.0750. The number of β-lactam (4-membered cyclic amide) rings is 1. The van der Waals surface area contributed by atoms with Crippen molar-refractivity contribution in [3.8, 4) is 0 Å². The molecule has 1 unspecified atom stereocenters. The third-order valence-electron chi connectivity index (χ3n) is 7.26. The van der Waals surface area contributed by atoms with E-state index in [1.165, 1.54) is 30.7 Å². The van der Waals surface area contributed by atoms with Gasteiger partial charge in [-0.3, -0.25) is 24.6 Å². The number of amides is 3. The molecule has 2 aliphatic heterocycles. The molecule has 3 heterocycles. The van der Waals surface area contributed by atoms with Crippen LogP contribution < -0.4 is 10.6 Å². The monoisotopic (exact) mass is 816 g/mol. The number of hydrogen-bond acceptors (Lipinski definition) is 12. The SMILES string of the molecule is COC(OC(C)=O)C1=C(C(=O)OC(c2ccccc2)c2ccccc2)N2C(=O)[C@H](NC(=O)Cc3nc(NC(=O)OCC(Cl)(Cl)Cl)sc3Cl)[C@H]2SC1. The van der Waals surface area contributed by atoms with E-state index in [1.54, 1.807) is 0 Å². The van der Waals surface area contributed by atoms with E-state index in [0.29, 0.717) is 11.1 Å². The number of alkyl halides is 3. The highest BCUT2D eigenvalue weighted by Crippen LogP contribution is 2.43. The number of esters is 2. The first-order valence-electron chi connectivity index (χ1n) is 14.9. The van der Waals surface area contributed by atoms with Crippen LogP contribution >= 0.6 is 69.5 Å². The van der Waals surface area contributed by atoms with E-state index < -0.39 is 64.1 Å². The maximum atomic E-state index is 14.1. The number of aromatic nitrogens is 1. The number of nitrogens with zero attached hydrogens (tertiary/aromatic N) is 2. The van der Waals surface area contributed by atoms with Crippen LogP contribution in [0.5, 0.6) is 0 Å². The summed E-state index contributed by atoms with van der Waals surface area (Å²) in [6.45, 7) is 0.673. The summed E-state index contributed by atoms with van der Waals surface area (Å²) in [5.41, 5.74) is 1.54. The normalized spacial score (nSPS) is 17.6. The Balaban J connectivity index is 1.33. The molecule has 13 nitrogen and oxygen atoms in total. The molecule has 0 spiro atoms. The fourth-order valence-corrected chi connectivity index (χ4v) is 7.66. The third kappa shape index (κ3) is 9.66. The van der Waals surface area contributed by atoms with Gasteiger partial charge in [0.15, 0.2) is 11.2 Å². The molecule has 2 aromatic carbocycles. The molecule has 1 aromatic heterocycles. The van der Waals surface area contributed by atoms with Gasteiger partial charge < -0.3 is 24.3 Å². The molecule has 5 rings (SSSR count). The zero-order valence-electron chi connectivity index (χ0n) is 26.6. The maximum absolute atomic E-state index is 14.1. The lowest BCUT2D eigenvalue weighted by Gasteiger charge is -2.50. The van der Waals surface area contributed by atoms with E-state index in [9.17, 15) is 24.0 Å². The van der Waals surface area contributed by atoms with Crippen LogP contribution in [0.3, 0.4) is 0 Å².